The van der Waals surface area contributed by atoms with Gasteiger partial charge >= 0.3 is 0 Å². The van der Waals surface area contributed by atoms with Crippen molar-refractivity contribution in [1.82, 2.24) is 5.43 Å². The Hall–Kier alpha value is -2.23. The molecule has 24 heavy (non-hydrogen) atoms. The van der Waals surface area contributed by atoms with Gasteiger partial charge in [0.2, 0.25) is 0 Å². The molecule has 10 heteroatoms. The molecule has 0 spiro atoms. The van der Waals surface area contributed by atoms with Crippen molar-refractivity contribution in [3.63, 3.8) is 0 Å². The summed E-state index contributed by atoms with van der Waals surface area (Å²) in [6.45, 7) is 3.01. The van der Waals surface area contributed by atoms with Gasteiger partial charge in [-0.15, -0.1) is 0 Å². The van der Waals surface area contributed by atoms with Crippen LogP contribution in [0.4, 0.5) is 5.69 Å². The minimum atomic E-state index is -0.571. The molecule has 1 saturated heterocycles. The average molecular weight is 359 g/mol. The second-order valence-corrected chi connectivity index (χ2v) is 5.63. The lowest BCUT2D eigenvalue weighted by molar-refractivity contribution is -0.909. The lowest BCUT2D eigenvalue weighted by Crippen LogP contribution is -3.00. The maximum atomic E-state index is 11.9. The highest BCUT2D eigenvalue weighted by molar-refractivity contribution is 5.86. The third kappa shape index (κ3) is 5.44. The molecule has 0 bridgehead atoms. The molecule has 1 aliphatic heterocycles. The second-order valence-electron chi connectivity index (χ2n) is 5.63. The van der Waals surface area contributed by atoms with Crippen molar-refractivity contribution < 1.29 is 36.5 Å². The van der Waals surface area contributed by atoms with Crippen molar-refractivity contribution in [1.29, 1.82) is 0 Å². The number of benzene rings is 1. The molecule has 9 nitrogen and oxygen atoms in total. The van der Waals surface area contributed by atoms with E-state index in [1.807, 2.05) is 7.05 Å². The predicted molar refractivity (Wildman–Crippen MR) is 82.1 cm³/mol. The van der Waals surface area contributed by atoms with E-state index in [0.717, 1.165) is 13.1 Å². The number of phenols is 1. The van der Waals surface area contributed by atoms with Gasteiger partial charge in [0.05, 0.1) is 31.4 Å². The van der Waals surface area contributed by atoms with E-state index in [2.05, 4.69) is 10.5 Å². The summed E-state index contributed by atoms with van der Waals surface area (Å²) in [5.74, 6) is -0.420. The lowest BCUT2D eigenvalue weighted by Gasteiger charge is -2.36. The Morgan fingerprint density at radius 1 is 1.50 bits per heavy atom. The molecule has 1 heterocycles. The van der Waals surface area contributed by atoms with E-state index in [9.17, 15) is 20.0 Å². The number of amides is 1. The zero-order valence-corrected chi connectivity index (χ0v) is 13.9. The fraction of sp³-hybridized carbons (Fsp3) is 0.429. The number of likely N-dealkylation sites (N-methyl/N-ethyl adjacent to an activating group) is 1. The Balaban J connectivity index is 0.00000288. The van der Waals surface area contributed by atoms with Crippen molar-refractivity contribution in [3.05, 3.63) is 33.9 Å². The number of nitro benzene ring substituents is 1. The van der Waals surface area contributed by atoms with E-state index in [1.54, 1.807) is 0 Å². The molecule has 1 aromatic carbocycles. The van der Waals surface area contributed by atoms with Gasteiger partial charge in [0, 0.05) is 17.7 Å². The normalized spacial score (nSPS) is 16.4. The number of halogens is 1. The van der Waals surface area contributed by atoms with Crippen molar-refractivity contribution in [2.75, 3.05) is 39.9 Å². The summed E-state index contributed by atoms with van der Waals surface area (Å²) in [5, 5.41) is 24.1. The molecule has 0 aromatic heterocycles. The molecule has 0 saturated carbocycles. The molecule has 1 fully saturated rings. The second kappa shape index (κ2) is 8.57. The number of aromatic hydroxyl groups is 1. The molecule has 0 radical (unpaired) electrons. The molecule has 0 aliphatic carbocycles. The Bertz CT molecular complexity index is 632. The number of hydrogen-bond acceptors (Lipinski definition) is 6. The third-order valence-corrected chi connectivity index (χ3v) is 3.69. The average Bonchev–Trinajstić information content (AvgIpc) is 2.49. The van der Waals surface area contributed by atoms with Gasteiger partial charge in [-0.3, -0.25) is 14.9 Å². The molecular formula is C14H19ClN4O5. The maximum Gasteiger partial charge on any atom is 0.295 e. The first-order chi connectivity index (χ1) is 10.9. The molecule has 2 N–H and O–H groups in total. The van der Waals surface area contributed by atoms with E-state index < -0.39 is 4.92 Å². The Morgan fingerprint density at radius 3 is 2.79 bits per heavy atom. The molecule has 0 atom stereocenters. The number of carbonyl (C=O) groups excluding carboxylic acids is 1. The number of non-ortho nitro benzene ring substituents is 1. The predicted octanol–water partition coefficient (Wildman–Crippen LogP) is -2.77. The van der Waals surface area contributed by atoms with Crippen molar-refractivity contribution in [3.8, 4) is 5.75 Å². The number of hydrogen-bond donors (Lipinski definition) is 2. The summed E-state index contributed by atoms with van der Waals surface area (Å²) in [6.07, 6.45) is 1.18. The standard InChI is InChI=1S/C14H18N4O5.ClH/c1-18(4-6-23-7-5-18)10-14(20)16-15-9-11-8-12(17(21)22)2-3-13(11)19;/h2-3,8-9H,4-7,10H2,1H3,(H-,15,16,19,20);1H. The van der Waals surface area contributed by atoms with Crippen LogP contribution in [0.15, 0.2) is 23.3 Å². The van der Waals surface area contributed by atoms with Crippen LogP contribution in [-0.2, 0) is 9.53 Å². The molecule has 2 rings (SSSR count). The van der Waals surface area contributed by atoms with Gasteiger partial charge in [-0.1, -0.05) is 0 Å². The summed E-state index contributed by atoms with van der Waals surface area (Å²) >= 11 is 0. The number of nitro groups is 1. The summed E-state index contributed by atoms with van der Waals surface area (Å²) < 4.78 is 5.84. The molecule has 1 aliphatic rings. The lowest BCUT2D eigenvalue weighted by atomic mass is 10.2. The molecule has 0 unspecified atom stereocenters. The minimum absolute atomic E-state index is 0. The number of hydrazone groups is 1. The monoisotopic (exact) mass is 358 g/mol. The van der Waals surface area contributed by atoms with E-state index >= 15 is 0 Å². The molecule has 1 aromatic rings. The van der Waals surface area contributed by atoms with Gasteiger partial charge < -0.3 is 26.7 Å². The number of morpholine rings is 1. The van der Waals surface area contributed by atoms with Gasteiger partial charge in [0.25, 0.3) is 11.6 Å². The van der Waals surface area contributed by atoms with Crippen LogP contribution in [0.5, 0.6) is 5.75 Å². The highest BCUT2D eigenvalue weighted by Gasteiger charge is 2.27. The molecule has 1 amide bonds. The van der Waals surface area contributed by atoms with Crippen LogP contribution in [0.1, 0.15) is 5.56 Å². The Morgan fingerprint density at radius 2 is 2.17 bits per heavy atom. The van der Waals surface area contributed by atoms with Gasteiger partial charge in [0.15, 0.2) is 6.54 Å². The van der Waals surface area contributed by atoms with Crippen LogP contribution in [0.3, 0.4) is 0 Å². The van der Waals surface area contributed by atoms with E-state index in [-0.39, 0.29) is 41.9 Å². The van der Waals surface area contributed by atoms with Crippen LogP contribution >= 0.6 is 0 Å². The molecular weight excluding hydrogens is 340 g/mol. The number of rotatable bonds is 5. The fourth-order valence-electron chi connectivity index (χ4n) is 2.26. The highest BCUT2D eigenvalue weighted by Crippen LogP contribution is 2.21. The summed E-state index contributed by atoms with van der Waals surface area (Å²) in [6, 6.07) is 3.58. The topological polar surface area (TPSA) is 114 Å². The number of carbonyl (C=O) groups is 1. The zero-order chi connectivity index (χ0) is 16.9. The van der Waals surface area contributed by atoms with Gasteiger partial charge in [-0.25, -0.2) is 5.43 Å². The van der Waals surface area contributed by atoms with Crippen LogP contribution in [0, 0.1) is 10.1 Å². The Labute approximate surface area is 145 Å². The number of quaternary nitrogens is 1. The fourth-order valence-corrected chi connectivity index (χ4v) is 2.26. The molecule has 132 valence electrons. The first-order valence-corrected chi connectivity index (χ1v) is 7.10. The summed E-state index contributed by atoms with van der Waals surface area (Å²) in [7, 11) is 1.97. The van der Waals surface area contributed by atoms with Crippen molar-refractivity contribution >= 4 is 17.8 Å². The van der Waals surface area contributed by atoms with Gasteiger partial charge in [-0.05, 0) is 6.07 Å². The quantitative estimate of drug-likeness (QED) is 0.256. The smallest absolute Gasteiger partial charge is 0.295 e. The van der Waals surface area contributed by atoms with Crippen LogP contribution in [0.2, 0.25) is 0 Å². The first-order valence-electron chi connectivity index (χ1n) is 7.10. The Kier molecular flexibility index (Phi) is 7.08. The summed E-state index contributed by atoms with van der Waals surface area (Å²) in [4.78, 5) is 22.0. The number of phenolic OH excluding ortho intramolecular Hbond substituents is 1. The van der Waals surface area contributed by atoms with Crippen LogP contribution in [-0.4, -0.2) is 66.5 Å². The van der Waals surface area contributed by atoms with Crippen molar-refractivity contribution in [2.24, 2.45) is 5.10 Å². The highest BCUT2D eigenvalue weighted by atomic mass is 35.5. The van der Waals surface area contributed by atoms with Gasteiger partial charge in [-0.2, -0.15) is 5.10 Å². The largest absolute Gasteiger partial charge is 1.00 e. The van der Waals surface area contributed by atoms with Gasteiger partial charge in [0.1, 0.15) is 18.8 Å². The summed E-state index contributed by atoms with van der Waals surface area (Å²) in [5.41, 5.74) is 2.37. The zero-order valence-electron chi connectivity index (χ0n) is 13.1. The SMILES string of the molecule is C[N+]1(CC(=O)NN=Cc2cc([N+](=O)[O-])ccc2O)CCOCC1.[Cl-]. The van der Waals surface area contributed by atoms with Crippen LogP contribution in [0.25, 0.3) is 0 Å². The number of ether oxygens (including phenoxy) is 1. The van der Waals surface area contributed by atoms with Crippen LogP contribution < -0.4 is 17.8 Å². The van der Waals surface area contributed by atoms with E-state index in [1.165, 1.54) is 24.4 Å². The first kappa shape index (κ1) is 19.8. The number of nitrogens with zero attached hydrogens (tertiary/aromatic N) is 3. The third-order valence-electron chi connectivity index (χ3n) is 3.69. The maximum absolute atomic E-state index is 11.9. The van der Waals surface area contributed by atoms with Crippen molar-refractivity contribution in [2.45, 2.75) is 0 Å². The van der Waals surface area contributed by atoms with E-state index in [4.69, 9.17) is 4.74 Å². The number of nitrogens with one attached hydrogen (secondary N) is 1. The van der Waals surface area contributed by atoms with E-state index in [0.29, 0.717) is 17.7 Å². The minimum Gasteiger partial charge on any atom is -1.00 e.